The number of amides is 1. The van der Waals surface area contributed by atoms with Crippen molar-refractivity contribution >= 4 is 11.9 Å². The van der Waals surface area contributed by atoms with Crippen LogP contribution < -0.4 is 5.32 Å². The normalized spacial score (nSPS) is 11.6. The number of rotatable bonds is 4. The number of hydrogen-bond acceptors (Lipinski definition) is 4. The van der Waals surface area contributed by atoms with E-state index in [1.807, 2.05) is 31.2 Å². The number of carbonyl (C=O) groups is 2. The molecule has 1 N–H and O–H groups in total. The fourth-order valence-corrected chi connectivity index (χ4v) is 2.02. The third-order valence-corrected chi connectivity index (χ3v) is 3.24. The molecule has 0 saturated heterocycles. The van der Waals surface area contributed by atoms with E-state index >= 15 is 0 Å². The summed E-state index contributed by atoms with van der Waals surface area (Å²) in [6, 6.07) is 10.7. The van der Waals surface area contributed by atoms with E-state index in [9.17, 15) is 9.59 Å². The monoisotopic (exact) mass is 298 g/mol. The zero-order valence-corrected chi connectivity index (χ0v) is 12.8. The Balaban J connectivity index is 2.12. The molecule has 1 atom stereocenters. The Morgan fingerprint density at radius 1 is 1.23 bits per heavy atom. The van der Waals surface area contributed by atoms with Gasteiger partial charge in [0.2, 0.25) is 0 Å². The summed E-state index contributed by atoms with van der Waals surface area (Å²) in [5.74, 6) is -0.848. The number of ether oxygens (including phenoxy) is 1. The number of nitrogens with one attached hydrogen (secondary N) is 1. The predicted molar refractivity (Wildman–Crippen MR) is 83.4 cm³/mol. The van der Waals surface area contributed by atoms with Crippen molar-refractivity contribution in [2.75, 3.05) is 7.11 Å². The lowest BCUT2D eigenvalue weighted by molar-refractivity contribution is -0.142. The van der Waals surface area contributed by atoms with Crippen molar-refractivity contribution in [3.8, 4) is 11.3 Å². The molecular weight excluding hydrogens is 280 g/mol. The number of hydrogen-bond donors (Lipinski definition) is 1. The van der Waals surface area contributed by atoms with Crippen LogP contribution in [0.5, 0.6) is 0 Å². The van der Waals surface area contributed by atoms with Crippen molar-refractivity contribution < 1.29 is 14.3 Å². The summed E-state index contributed by atoms with van der Waals surface area (Å²) >= 11 is 0. The molecule has 1 aromatic carbocycles. The average Bonchev–Trinajstić information content (AvgIpc) is 2.54. The molecule has 0 unspecified atom stereocenters. The van der Waals surface area contributed by atoms with Crippen molar-refractivity contribution in [1.82, 2.24) is 10.3 Å². The lowest BCUT2D eigenvalue weighted by Gasteiger charge is -2.11. The van der Waals surface area contributed by atoms with Crippen molar-refractivity contribution in [3.63, 3.8) is 0 Å². The topological polar surface area (TPSA) is 68.3 Å². The van der Waals surface area contributed by atoms with Crippen LogP contribution in [0, 0.1) is 6.92 Å². The molecule has 0 radical (unpaired) electrons. The maximum atomic E-state index is 12.0. The molecule has 0 spiro atoms. The molecule has 5 nitrogen and oxygen atoms in total. The fourth-order valence-electron chi connectivity index (χ4n) is 2.02. The fraction of sp³-hybridized carbons (Fsp3) is 0.235. The van der Waals surface area contributed by atoms with Crippen molar-refractivity contribution in [2.45, 2.75) is 19.9 Å². The van der Waals surface area contributed by atoms with Gasteiger partial charge in [0.15, 0.2) is 0 Å². The summed E-state index contributed by atoms with van der Waals surface area (Å²) in [5, 5.41) is 2.56. The zero-order valence-electron chi connectivity index (χ0n) is 12.8. The van der Waals surface area contributed by atoms with Crippen LogP contribution in [0.2, 0.25) is 0 Å². The van der Waals surface area contributed by atoms with Gasteiger partial charge in [-0.25, -0.2) is 4.79 Å². The Morgan fingerprint density at radius 2 is 2.00 bits per heavy atom. The summed E-state index contributed by atoms with van der Waals surface area (Å²) in [5.41, 5.74) is 3.33. The highest BCUT2D eigenvalue weighted by Gasteiger charge is 2.17. The van der Waals surface area contributed by atoms with Crippen LogP contribution in [0.25, 0.3) is 11.3 Å². The molecule has 0 aliphatic heterocycles. The minimum Gasteiger partial charge on any atom is -0.467 e. The first kappa shape index (κ1) is 15.7. The quantitative estimate of drug-likeness (QED) is 0.880. The summed E-state index contributed by atoms with van der Waals surface area (Å²) < 4.78 is 4.57. The number of esters is 1. The smallest absolute Gasteiger partial charge is 0.328 e. The number of aryl methyl sites for hydroxylation is 1. The van der Waals surface area contributed by atoms with Gasteiger partial charge < -0.3 is 10.1 Å². The minimum atomic E-state index is -0.700. The number of nitrogens with zero attached hydrogens (tertiary/aromatic N) is 1. The predicted octanol–water partition coefficient (Wildman–Crippen LogP) is 2.35. The number of pyridine rings is 1. The van der Waals surface area contributed by atoms with Gasteiger partial charge in [0.25, 0.3) is 5.91 Å². The molecule has 0 aliphatic rings. The van der Waals surface area contributed by atoms with E-state index in [1.54, 1.807) is 19.1 Å². The van der Waals surface area contributed by atoms with Crippen LogP contribution in [-0.2, 0) is 9.53 Å². The van der Waals surface area contributed by atoms with E-state index in [2.05, 4.69) is 15.0 Å². The van der Waals surface area contributed by atoms with E-state index in [-0.39, 0.29) is 5.91 Å². The molecule has 2 aromatic rings. The molecule has 0 aliphatic carbocycles. The Morgan fingerprint density at radius 3 is 2.59 bits per heavy atom. The van der Waals surface area contributed by atoms with E-state index in [4.69, 9.17) is 0 Å². The standard InChI is InChI=1S/C17H18N2O3/c1-11-5-4-6-13(9-11)15-8-7-14(10-18-15)16(20)19-12(2)17(21)22-3/h4-10,12H,1-3H3,(H,19,20)/t12-/m0/s1. The van der Waals surface area contributed by atoms with E-state index in [0.717, 1.165) is 16.8 Å². The molecule has 0 bridgehead atoms. The van der Waals surface area contributed by atoms with Crippen molar-refractivity contribution in [2.24, 2.45) is 0 Å². The second-order valence-corrected chi connectivity index (χ2v) is 5.02. The van der Waals surface area contributed by atoms with Gasteiger partial charge in [-0.15, -0.1) is 0 Å². The first-order chi connectivity index (χ1) is 10.5. The SMILES string of the molecule is COC(=O)[C@H](C)NC(=O)c1ccc(-c2cccc(C)c2)nc1. The third kappa shape index (κ3) is 3.69. The maximum absolute atomic E-state index is 12.0. The largest absolute Gasteiger partial charge is 0.467 e. The number of aromatic nitrogens is 1. The molecule has 1 heterocycles. The van der Waals surface area contributed by atoms with Gasteiger partial charge in [-0.1, -0.05) is 23.8 Å². The average molecular weight is 298 g/mol. The summed E-state index contributed by atoms with van der Waals surface area (Å²) in [6.45, 7) is 3.58. The van der Waals surface area contributed by atoms with Gasteiger partial charge in [-0.2, -0.15) is 0 Å². The van der Waals surface area contributed by atoms with Crippen molar-refractivity contribution in [3.05, 3.63) is 53.7 Å². The lowest BCUT2D eigenvalue weighted by Crippen LogP contribution is -2.39. The van der Waals surface area contributed by atoms with Crippen LogP contribution in [0.1, 0.15) is 22.8 Å². The van der Waals surface area contributed by atoms with Gasteiger partial charge in [-0.05, 0) is 32.0 Å². The number of benzene rings is 1. The molecule has 22 heavy (non-hydrogen) atoms. The minimum absolute atomic E-state index is 0.360. The molecule has 114 valence electrons. The third-order valence-electron chi connectivity index (χ3n) is 3.24. The Labute approximate surface area is 129 Å². The molecule has 2 rings (SSSR count). The zero-order chi connectivity index (χ0) is 16.1. The summed E-state index contributed by atoms with van der Waals surface area (Å²) in [4.78, 5) is 27.6. The van der Waals surface area contributed by atoms with E-state index < -0.39 is 12.0 Å². The van der Waals surface area contributed by atoms with E-state index in [0.29, 0.717) is 5.56 Å². The summed E-state index contributed by atoms with van der Waals surface area (Å²) in [7, 11) is 1.28. The first-order valence-electron chi connectivity index (χ1n) is 6.93. The maximum Gasteiger partial charge on any atom is 0.328 e. The lowest BCUT2D eigenvalue weighted by atomic mass is 10.1. The highest BCUT2D eigenvalue weighted by Crippen LogP contribution is 2.18. The summed E-state index contributed by atoms with van der Waals surface area (Å²) in [6.07, 6.45) is 1.50. The van der Waals surface area contributed by atoms with Gasteiger partial charge in [0.05, 0.1) is 18.4 Å². The molecule has 0 fully saturated rings. The van der Waals surface area contributed by atoms with Crippen molar-refractivity contribution in [1.29, 1.82) is 0 Å². The number of carbonyl (C=O) groups excluding carboxylic acids is 2. The molecule has 0 saturated carbocycles. The van der Waals surface area contributed by atoms with Gasteiger partial charge >= 0.3 is 5.97 Å². The Kier molecular flexibility index (Phi) is 4.88. The Bertz CT molecular complexity index is 681. The molecule has 5 heteroatoms. The van der Waals surface area contributed by atoms with Crippen LogP contribution in [0.15, 0.2) is 42.6 Å². The van der Waals surface area contributed by atoms with Crippen LogP contribution in [0.4, 0.5) is 0 Å². The van der Waals surface area contributed by atoms with Gasteiger partial charge in [0.1, 0.15) is 6.04 Å². The highest BCUT2D eigenvalue weighted by atomic mass is 16.5. The second-order valence-electron chi connectivity index (χ2n) is 5.02. The molecular formula is C17H18N2O3. The highest BCUT2D eigenvalue weighted by molar-refractivity contribution is 5.96. The van der Waals surface area contributed by atoms with Crippen LogP contribution >= 0.6 is 0 Å². The van der Waals surface area contributed by atoms with Gasteiger partial charge in [-0.3, -0.25) is 9.78 Å². The van der Waals surface area contributed by atoms with E-state index in [1.165, 1.54) is 13.3 Å². The Hall–Kier alpha value is -2.69. The number of methoxy groups -OCH3 is 1. The van der Waals surface area contributed by atoms with Crippen LogP contribution in [0.3, 0.4) is 0 Å². The van der Waals surface area contributed by atoms with Crippen LogP contribution in [-0.4, -0.2) is 30.0 Å². The molecule has 1 amide bonds. The second kappa shape index (κ2) is 6.85. The van der Waals surface area contributed by atoms with Gasteiger partial charge in [0, 0.05) is 11.8 Å². The molecule has 1 aromatic heterocycles. The first-order valence-corrected chi connectivity index (χ1v) is 6.93.